The first-order chi connectivity index (χ1) is 6.70. The summed E-state index contributed by atoms with van der Waals surface area (Å²) in [4.78, 5) is 11.5. The number of esters is 1. The van der Waals surface area contributed by atoms with Gasteiger partial charge in [0.05, 0.1) is 12.2 Å². The topological polar surface area (TPSA) is 52.3 Å². The summed E-state index contributed by atoms with van der Waals surface area (Å²) >= 11 is 0. The maximum absolute atomic E-state index is 11.5. The van der Waals surface area contributed by atoms with Crippen molar-refractivity contribution in [2.24, 2.45) is 5.73 Å². The Kier molecular flexibility index (Phi) is 3.65. The van der Waals surface area contributed by atoms with Gasteiger partial charge in [0.1, 0.15) is 0 Å². The highest BCUT2D eigenvalue weighted by Gasteiger charge is 2.11. The van der Waals surface area contributed by atoms with Crippen molar-refractivity contribution in [3.8, 4) is 0 Å². The molecule has 0 spiro atoms. The van der Waals surface area contributed by atoms with Crippen LogP contribution in [0.2, 0.25) is 0 Å². The molecule has 0 aliphatic rings. The number of hydrogen-bond acceptors (Lipinski definition) is 3. The zero-order valence-electron chi connectivity index (χ0n) is 8.54. The second-order valence-corrected chi connectivity index (χ2v) is 3.01. The molecule has 14 heavy (non-hydrogen) atoms. The summed E-state index contributed by atoms with van der Waals surface area (Å²) < 4.78 is 4.93. The zero-order chi connectivity index (χ0) is 10.6. The molecule has 0 bridgehead atoms. The molecule has 0 saturated carbocycles. The molecule has 3 heteroatoms. The van der Waals surface area contributed by atoms with E-state index in [1.54, 1.807) is 13.0 Å². The molecule has 0 heterocycles. The molecule has 0 saturated heterocycles. The molecule has 0 atom stereocenters. The van der Waals surface area contributed by atoms with E-state index >= 15 is 0 Å². The lowest BCUT2D eigenvalue weighted by Crippen LogP contribution is -2.09. The quantitative estimate of drug-likeness (QED) is 0.742. The van der Waals surface area contributed by atoms with Crippen LogP contribution < -0.4 is 5.73 Å². The lowest BCUT2D eigenvalue weighted by molar-refractivity contribution is 0.0525. The van der Waals surface area contributed by atoms with Crippen molar-refractivity contribution in [3.63, 3.8) is 0 Å². The van der Waals surface area contributed by atoms with Gasteiger partial charge >= 0.3 is 5.97 Å². The highest BCUT2D eigenvalue weighted by atomic mass is 16.5. The van der Waals surface area contributed by atoms with Crippen LogP contribution in [0.3, 0.4) is 0 Å². The van der Waals surface area contributed by atoms with Gasteiger partial charge < -0.3 is 10.5 Å². The number of ether oxygens (including phenoxy) is 1. The monoisotopic (exact) mass is 193 g/mol. The molecule has 3 nitrogen and oxygen atoms in total. The largest absolute Gasteiger partial charge is 0.462 e. The third-order valence-corrected chi connectivity index (χ3v) is 2.16. The Labute approximate surface area is 83.9 Å². The predicted octanol–water partition coefficient (Wildman–Crippen LogP) is 1.63. The van der Waals surface area contributed by atoms with Gasteiger partial charge in [-0.15, -0.1) is 0 Å². The molecular formula is C11H15NO2. The Morgan fingerprint density at radius 3 is 2.79 bits per heavy atom. The van der Waals surface area contributed by atoms with Crippen molar-refractivity contribution in [1.29, 1.82) is 0 Å². The number of benzene rings is 1. The molecule has 0 aliphatic heterocycles. The first kappa shape index (κ1) is 10.7. The first-order valence-electron chi connectivity index (χ1n) is 4.66. The van der Waals surface area contributed by atoms with Crippen LogP contribution in [0.4, 0.5) is 0 Å². The van der Waals surface area contributed by atoms with Crippen LogP contribution in [-0.4, -0.2) is 12.6 Å². The molecule has 1 rings (SSSR count). The van der Waals surface area contributed by atoms with Gasteiger partial charge in [0, 0.05) is 6.54 Å². The molecule has 1 aromatic rings. The van der Waals surface area contributed by atoms with E-state index in [2.05, 4.69) is 0 Å². The fourth-order valence-electron chi connectivity index (χ4n) is 1.33. The van der Waals surface area contributed by atoms with E-state index in [9.17, 15) is 4.79 Å². The predicted molar refractivity (Wildman–Crippen MR) is 55.0 cm³/mol. The minimum absolute atomic E-state index is 0.277. The Morgan fingerprint density at radius 1 is 1.50 bits per heavy atom. The summed E-state index contributed by atoms with van der Waals surface area (Å²) in [5.74, 6) is -0.277. The summed E-state index contributed by atoms with van der Waals surface area (Å²) in [5, 5.41) is 0. The molecule has 0 aliphatic carbocycles. The van der Waals surface area contributed by atoms with E-state index in [-0.39, 0.29) is 5.97 Å². The maximum atomic E-state index is 11.5. The Bertz CT molecular complexity index is 334. The van der Waals surface area contributed by atoms with Gasteiger partial charge in [-0.25, -0.2) is 4.79 Å². The smallest absolute Gasteiger partial charge is 0.338 e. The lowest BCUT2D eigenvalue weighted by atomic mass is 10.0. The van der Waals surface area contributed by atoms with Gasteiger partial charge in [0.25, 0.3) is 0 Å². The van der Waals surface area contributed by atoms with Crippen LogP contribution in [0, 0.1) is 6.92 Å². The summed E-state index contributed by atoms with van der Waals surface area (Å²) in [6, 6.07) is 5.49. The van der Waals surface area contributed by atoms with Crippen LogP contribution in [0.1, 0.15) is 28.4 Å². The van der Waals surface area contributed by atoms with Gasteiger partial charge in [0.15, 0.2) is 0 Å². The van der Waals surface area contributed by atoms with Gasteiger partial charge in [-0.3, -0.25) is 0 Å². The molecule has 76 valence electrons. The van der Waals surface area contributed by atoms with Gasteiger partial charge in [-0.05, 0) is 31.0 Å². The lowest BCUT2D eigenvalue weighted by Gasteiger charge is -2.08. The van der Waals surface area contributed by atoms with E-state index in [0.717, 1.165) is 11.1 Å². The van der Waals surface area contributed by atoms with Crippen LogP contribution >= 0.6 is 0 Å². The number of carbonyl (C=O) groups is 1. The Hall–Kier alpha value is -1.35. The van der Waals surface area contributed by atoms with Gasteiger partial charge in [-0.1, -0.05) is 12.1 Å². The minimum Gasteiger partial charge on any atom is -0.462 e. The van der Waals surface area contributed by atoms with Crippen molar-refractivity contribution >= 4 is 5.97 Å². The highest BCUT2D eigenvalue weighted by Crippen LogP contribution is 2.14. The highest BCUT2D eigenvalue weighted by molar-refractivity contribution is 5.91. The van der Waals surface area contributed by atoms with E-state index in [0.29, 0.717) is 18.7 Å². The number of rotatable bonds is 3. The fraction of sp³-hybridized carbons (Fsp3) is 0.364. The molecule has 0 radical (unpaired) electrons. The van der Waals surface area contributed by atoms with Crippen LogP contribution in [0.5, 0.6) is 0 Å². The first-order valence-corrected chi connectivity index (χ1v) is 4.66. The third-order valence-electron chi connectivity index (χ3n) is 2.16. The second-order valence-electron chi connectivity index (χ2n) is 3.01. The molecule has 0 unspecified atom stereocenters. The average Bonchev–Trinajstić information content (AvgIpc) is 2.18. The van der Waals surface area contributed by atoms with Gasteiger partial charge in [-0.2, -0.15) is 0 Å². The maximum Gasteiger partial charge on any atom is 0.338 e. The SMILES string of the molecule is CCOC(=O)c1cccc(CN)c1C. The Morgan fingerprint density at radius 2 is 2.21 bits per heavy atom. The van der Waals surface area contributed by atoms with Crippen LogP contribution in [-0.2, 0) is 11.3 Å². The fourth-order valence-corrected chi connectivity index (χ4v) is 1.33. The molecule has 1 aromatic carbocycles. The van der Waals surface area contributed by atoms with Gasteiger partial charge in [0.2, 0.25) is 0 Å². The minimum atomic E-state index is -0.277. The molecule has 0 fully saturated rings. The second kappa shape index (κ2) is 4.77. The summed E-state index contributed by atoms with van der Waals surface area (Å²) in [5.41, 5.74) is 8.04. The van der Waals surface area contributed by atoms with Crippen molar-refractivity contribution in [3.05, 3.63) is 34.9 Å². The van der Waals surface area contributed by atoms with Crippen molar-refractivity contribution in [2.75, 3.05) is 6.61 Å². The summed E-state index contributed by atoms with van der Waals surface area (Å²) in [6.45, 7) is 4.51. The van der Waals surface area contributed by atoms with Crippen molar-refractivity contribution in [1.82, 2.24) is 0 Å². The zero-order valence-corrected chi connectivity index (χ0v) is 8.54. The van der Waals surface area contributed by atoms with Crippen molar-refractivity contribution in [2.45, 2.75) is 20.4 Å². The molecule has 0 amide bonds. The molecule has 2 N–H and O–H groups in total. The number of carbonyl (C=O) groups excluding carboxylic acids is 1. The average molecular weight is 193 g/mol. The van der Waals surface area contributed by atoms with Crippen LogP contribution in [0.15, 0.2) is 18.2 Å². The standard InChI is InChI=1S/C11H15NO2/c1-3-14-11(13)10-6-4-5-9(7-12)8(10)2/h4-6H,3,7,12H2,1-2H3. The van der Waals surface area contributed by atoms with Crippen molar-refractivity contribution < 1.29 is 9.53 Å². The molecular weight excluding hydrogens is 178 g/mol. The Balaban J connectivity index is 3.03. The molecule has 0 aromatic heterocycles. The normalized spacial score (nSPS) is 9.93. The van der Waals surface area contributed by atoms with E-state index in [4.69, 9.17) is 10.5 Å². The van der Waals surface area contributed by atoms with E-state index in [1.807, 2.05) is 19.1 Å². The third kappa shape index (κ3) is 2.12. The van der Waals surface area contributed by atoms with E-state index in [1.165, 1.54) is 0 Å². The van der Waals surface area contributed by atoms with Crippen LogP contribution in [0.25, 0.3) is 0 Å². The summed E-state index contributed by atoms with van der Waals surface area (Å²) in [7, 11) is 0. The van der Waals surface area contributed by atoms with E-state index < -0.39 is 0 Å². The summed E-state index contributed by atoms with van der Waals surface area (Å²) in [6.07, 6.45) is 0. The number of nitrogens with two attached hydrogens (primary N) is 1. The number of hydrogen-bond donors (Lipinski definition) is 1.